The molecule has 3 rings (SSSR count). The molecule has 2 aromatic rings. The second-order valence-electron chi connectivity index (χ2n) is 4.37. The molecule has 0 amide bonds. The minimum atomic E-state index is -0.381. The first-order chi connectivity index (χ1) is 8.27. The minimum absolute atomic E-state index is 0.107. The Bertz CT molecular complexity index is 612. The van der Waals surface area contributed by atoms with Gasteiger partial charge in [-0.15, -0.1) is 0 Å². The van der Waals surface area contributed by atoms with Crippen molar-refractivity contribution in [1.29, 1.82) is 0 Å². The van der Waals surface area contributed by atoms with Crippen LogP contribution in [0.3, 0.4) is 0 Å². The zero-order valence-electron chi connectivity index (χ0n) is 9.37. The van der Waals surface area contributed by atoms with E-state index in [4.69, 9.17) is 0 Å². The standard InChI is InChI=1S/C13H13FN2O/c14-10-6-2-4-8-12(10)16-13(17)9-5-1-3-7-11(9)15-16/h2,4,6,8,15H,1,3,5,7H2. The third-order valence-corrected chi connectivity index (χ3v) is 3.27. The summed E-state index contributed by atoms with van der Waals surface area (Å²) in [6.07, 6.45) is 3.81. The number of fused-ring (bicyclic) bond motifs is 1. The SMILES string of the molecule is O=c1c2c([nH]n1-c1ccccc1F)CCCC2. The van der Waals surface area contributed by atoms with Crippen molar-refractivity contribution in [3.63, 3.8) is 0 Å². The normalized spacial score (nSPS) is 14.6. The summed E-state index contributed by atoms with van der Waals surface area (Å²) in [6.45, 7) is 0. The summed E-state index contributed by atoms with van der Waals surface area (Å²) in [5.41, 5.74) is 1.97. The summed E-state index contributed by atoms with van der Waals surface area (Å²) < 4.78 is 15.0. The first-order valence-electron chi connectivity index (χ1n) is 5.85. The van der Waals surface area contributed by atoms with Crippen LogP contribution < -0.4 is 5.56 Å². The Morgan fingerprint density at radius 2 is 1.94 bits per heavy atom. The van der Waals surface area contributed by atoms with E-state index in [1.165, 1.54) is 10.7 Å². The number of aromatic amines is 1. The van der Waals surface area contributed by atoms with Crippen molar-refractivity contribution >= 4 is 0 Å². The highest BCUT2D eigenvalue weighted by molar-refractivity contribution is 5.35. The van der Waals surface area contributed by atoms with E-state index >= 15 is 0 Å². The van der Waals surface area contributed by atoms with Gasteiger partial charge in [0.15, 0.2) is 0 Å². The maximum Gasteiger partial charge on any atom is 0.274 e. The second-order valence-corrected chi connectivity index (χ2v) is 4.37. The van der Waals surface area contributed by atoms with Crippen molar-refractivity contribution < 1.29 is 4.39 Å². The van der Waals surface area contributed by atoms with E-state index in [0.29, 0.717) is 5.69 Å². The van der Waals surface area contributed by atoms with Gasteiger partial charge in [-0.2, -0.15) is 0 Å². The molecule has 0 unspecified atom stereocenters. The number of para-hydroxylation sites is 1. The van der Waals surface area contributed by atoms with Gasteiger partial charge in [0.25, 0.3) is 5.56 Å². The van der Waals surface area contributed by atoms with Gasteiger partial charge in [0.1, 0.15) is 11.5 Å². The van der Waals surface area contributed by atoms with E-state index in [2.05, 4.69) is 5.10 Å². The van der Waals surface area contributed by atoms with E-state index in [1.54, 1.807) is 18.2 Å². The summed E-state index contributed by atoms with van der Waals surface area (Å²) in [7, 11) is 0. The Hall–Kier alpha value is -1.84. The van der Waals surface area contributed by atoms with Crippen molar-refractivity contribution in [2.75, 3.05) is 0 Å². The third-order valence-electron chi connectivity index (χ3n) is 3.27. The van der Waals surface area contributed by atoms with Crippen LogP contribution in [0.25, 0.3) is 5.69 Å². The molecule has 0 atom stereocenters. The van der Waals surface area contributed by atoms with Crippen LogP contribution in [0.4, 0.5) is 4.39 Å². The zero-order valence-corrected chi connectivity index (χ0v) is 9.37. The number of hydrogen-bond donors (Lipinski definition) is 1. The fourth-order valence-corrected chi connectivity index (χ4v) is 2.39. The molecule has 1 heterocycles. The Labute approximate surface area is 97.9 Å². The molecule has 0 aliphatic heterocycles. The second kappa shape index (κ2) is 3.87. The zero-order chi connectivity index (χ0) is 11.8. The first kappa shape index (κ1) is 10.3. The number of hydrogen-bond acceptors (Lipinski definition) is 1. The van der Waals surface area contributed by atoms with Crippen LogP contribution in [-0.2, 0) is 12.8 Å². The third kappa shape index (κ3) is 1.60. The van der Waals surface area contributed by atoms with Crippen LogP contribution in [0.2, 0.25) is 0 Å². The van der Waals surface area contributed by atoms with Gasteiger partial charge in [0, 0.05) is 11.3 Å². The Balaban J connectivity index is 2.20. The summed E-state index contributed by atoms with van der Waals surface area (Å²) in [5.74, 6) is -0.381. The van der Waals surface area contributed by atoms with Gasteiger partial charge in [-0.1, -0.05) is 12.1 Å². The lowest BCUT2D eigenvalue weighted by Crippen LogP contribution is -2.18. The summed E-state index contributed by atoms with van der Waals surface area (Å²) in [5, 5.41) is 3.02. The fourth-order valence-electron chi connectivity index (χ4n) is 2.39. The van der Waals surface area contributed by atoms with Crippen LogP contribution in [-0.4, -0.2) is 9.78 Å². The van der Waals surface area contributed by atoms with Gasteiger partial charge in [0.2, 0.25) is 0 Å². The number of aryl methyl sites for hydroxylation is 1. The Morgan fingerprint density at radius 3 is 2.71 bits per heavy atom. The van der Waals surface area contributed by atoms with E-state index in [1.807, 2.05) is 0 Å². The maximum absolute atomic E-state index is 13.6. The molecule has 1 aliphatic rings. The predicted octanol–water partition coefficient (Wildman–Crippen LogP) is 2.18. The highest BCUT2D eigenvalue weighted by atomic mass is 19.1. The van der Waals surface area contributed by atoms with Crippen LogP contribution in [0.1, 0.15) is 24.1 Å². The molecule has 4 heteroatoms. The number of aromatic nitrogens is 2. The number of nitrogens with one attached hydrogen (secondary N) is 1. The van der Waals surface area contributed by atoms with Gasteiger partial charge < -0.3 is 0 Å². The molecule has 0 saturated heterocycles. The summed E-state index contributed by atoms with van der Waals surface area (Å²) in [6, 6.07) is 6.32. The molecule has 88 valence electrons. The average molecular weight is 232 g/mol. The predicted molar refractivity (Wildman–Crippen MR) is 63.0 cm³/mol. The van der Waals surface area contributed by atoms with Crippen LogP contribution >= 0.6 is 0 Å². The molecule has 3 nitrogen and oxygen atoms in total. The van der Waals surface area contributed by atoms with Crippen LogP contribution in [0, 0.1) is 5.82 Å². The van der Waals surface area contributed by atoms with Gasteiger partial charge >= 0.3 is 0 Å². The van der Waals surface area contributed by atoms with Crippen molar-refractivity contribution in [1.82, 2.24) is 9.78 Å². The molecule has 0 bridgehead atoms. The number of H-pyrrole nitrogens is 1. The fraction of sp³-hybridized carbons (Fsp3) is 0.308. The molecular weight excluding hydrogens is 219 g/mol. The van der Waals surface area contributed by atoms with Crippen molar-refractivity contribution in [2.24, 2.45) is 0 Å². The topological polar surface area (TPSA) is 37.8 Å². The molecule has 0 saturated carbocycles. The largest absolute Gasteiger partial charge is 0.295 e. The Kier molecular flexibility index (Phi) is 2.35. The number of halogens is 1. The first-order valence-corrected chi connectivity index (χ1v) is 5.85. The van der Waals surface area contributed by atoms with E-state index in [9.17, 15) is 9.18 Å². The highest BCUT2D eigenvalue weighted by Gasteiger charge is 2.19. The van der Waals surface area contributed by atoms with Gasteiger partial charge in [-0.25, -0.2) is 9.07 Å². The number of rotatable bonds is 1. The average Bonchev–Trinajstić information content (AvgIpc) is 2.68. The van der Waals surface area contributed by atoms with Crippen molar-refractivity contribution in [3.05, 3.63) is 51.7 Å². The molecule has 1 aliphatic carbocycles. The molecule has 0 spiro atoms. The van der Waals surface area contributed by atoms with E-state index in [0.717, 1.165) is 36.9 Å². The van der Waals surface area contributed by atoms with Gasteiger partial charge in [-0.3, -0.25) is 9.89 Å². The lowest BCUT2D eigenvalue weighted by Gasteiger charge is -2.07. The molecule has 1 aromatic heterocycles. The molecule has 17 heavy (non-hydrogen) atoms. The molecular formula is C13H13FN2O. The van der Waals surface area contributed by atoms with Crippen molar-refractivity contribution in [3.8, 4) is 5.69 Å². The van der Waals surface area contributed by atoms with Crippen LogP contribution in [0.15, 0.2) is 29.1 Å². The lowest BCUT2D eigenvalue weighted by molar-refractivity contribution is 0.606. The van der Waals surface area contributed by atoms with E-state index in [-0.39, 0.29) is 11.4 Å². The quantitative estimate of drug-likeness (QED) is 0.804. The maximum atomic E-state index is 13.6. The van der Waals surface area contributed by atoms with Gasteiger partial charge in [-0.05, 0) is 37.8 Å². The minimum Gasteiger partial charge on any atom is -0.295 e. The molecule has 0 fully saturated rings. The summed E-state index contributed by atoms with van der Waals surface area (Å²) >= 11 is 0. The van der Waals surface area contributed by atoms with Gasteiger partial charge in [0.05, 0.1) is 0 Å². The monoisotopic (exact) mass is 232 g/mol. The van der Waals surface area contributed by atoms with Crippen molar-refractivity contribution in [2.45, 2.75) is 25.7 Å². The van der Waals surface area contributed by atoms with Crippen LogP contribution in [0.5, 0.6) is 0 Å². The molecule has 1 N–H and O–H groups in total. The lowest BCUT2D eigenvalue weighted by atomic mass is 9.98. The summed E-state index contributed by atoms with van der Waals surface area (Å²) in [4.78, 5) is 12.1. The number of nitrogens with zero attached hydrogens (tertiary/aromatic N) is 1. The number of benzene rings is 1. The Morgan fingerprint density at radius 1 is 1.18 bits per heavy atom. The highest BCUT2D eigenvalue weighted by Crippen LogP contribution is 2.18. The molecule has 1 aromatic carbocycles. The molecule has 0 radical (unpaired) electrons. The smallest absolute Gasteiger partial charge is 0.274 e. The van der Waals surface area contributed by atoms with E-state index < -0.39 is 0 Å².